The highest BCUT2D eigenvalue weighted by Crippen LogP contribution is 2.17. The third-order valence-electron chi connectivity index (χ3n) is 4.19. The molecule has 1 aromatic carbocycles. The normalized spacial score (nSPS) is 17.7. The van der Waals surface area contributed by atoms with Gasteiger partial charge in [0.1, 0.15) is 0 Å². The van der Waals surface area contributed by atoms with E-state index in [1.54, 1.807) is 0 Å². The zero-order valence-corrected chi connectivity index (χ0v) is 14.0. The van der Waals surface area contributed by atoms with E-state index in [1.165, 1.54) is 11.3 Å². The number of anilines is 1. The maximum absolute atomic E-state index is 10.0. The van der Waals surface area contributed by atoms with Crippen LogP contribution in [-0.2, 0) is 4.74 Å². The van der Waals surface area contributed by atoms with E-state index in [0.29, 0.717) is 13.2 Å². The number of aryl methyl sites for hydroxylation is 1. The van der Waals surface area contributed by atoms with Crippen LogP contribution in [0.5, 0.6) is 0 Å². The Morgan fingerprint density at radius 2 is 1.82 bits per heavy atom. The molecule has 1 N–H and O–H groups in total. The highest BCUT2D eigenvalue weighted by Gasteiger charge is 2.19. The highest BCUT2D eigenvalue weighted by atomic mass is 16.5. The van der Waals surface area contributed by atoms with Crippen molar-refractivity contribution >= 4 is 5.69 Å². The highest BCUT2D eigenvalue weighted by molar-refractivity contribution is 5.47. The van der Waals surface area contributed by atoms with Crippen LogP contribution in [0.3, 0.4) is 0 Å². The van der Waals surface area contributed by atoms with Gasteiger partial charge in [0, 0.05) is 45.0 Å². The number of nitrogens with zero attached hydrogens (tertiary/aromatic N) is 2. The predicted octanol–water partition coefficient (Wildman–Crippen LogP) is 2.29. The van der Waals surface area contributed by atoms with Crippen molar-refractivity contribution in [2.75, 3.05) is 50.8 Å². The molecule has 0 saturated carbocycles. The molecular weight excluding hydrogens is 276 g/mol. The van der Waals surface area contributed by atoms with Gasteiger partial charge < -0.3 is 14.7 Å². The van der Waals surface area contributed by atoms with E-state index in [4.69, 9.17) is 4.74 Å². The lowest BCUT2D eigenvalue weighted by Gasteiger charge is -2.36. The molecule has 1 aromatic rings. The lowest BCUT2D eigenvalue weighted by Crippen LogP contribution is -2.49. The van der Waals surface area contributed by atoms with Gasteiger partial charge >= 0.3 is 0 Å². The van der Waals surface area contributed by atoms with Crippen LogP contribution < -0.4 is 4.90 Å². The zero-order valence-electron chi connectivity index (χ0n) is 14.0. The number of hydrogen-bond acceptors (Lipinski definition) is 4. The summed E-state index contributed by atoms with van der Waals surface area (Å²) in [5, 5.41) is 10.0. The van der Waals surface area contributed by atoms with Crippen LogP contribution in [-0.4, -0.2) is 62.0 Å². The van der Waals surface area contributed by atoms with Crippen LogP contribution >= 0.6 is 0 Å². The minimum Gasteiger partial charge on any atom is -0.389 e. The topological polar surface area (TPSA) is 35.9 Å². The largest absolute Gasteiger partial charge is 0.389 e. The van der Waals surface area contributed by atoms with Gasteiger partial charge in [-0.05, 0) is 25.5 Å². The molecular formula is C18H30N2O2. The quantitative estimate of drug-likeness (QED) is 0.748. The second kappa shape index (κ2) is 9.13. The van der Waals surface area contributed by atoms with Gasteiger partial charge in [-0.25, -0.2) is 0 Å². The first-order valence-corrected chi connectivity index (χ1v) is 8.49. The smallest absolute Gasteiger partial charge is 0.0900 e. The molecule has 0 aliphatic carbocycles. The maximum Gasteiger partial charge on any atom is 0.0900 e. The molecule has 0 radical (unpaired) electrons. The first kappa shape index (κ1) is 17.3. The molecule has 4 nitrogen and oxygen atoms in total. The molecule has 0 spiro atoms. The third-order valence-corrected chi connectivity index (χ3v) is 4.19. The van der Waals surface area contributed by atoms with E-state index in [0.717, 1.165) is 45.6 Å². The fraction of sp³-hybridized carbons (Fsp3) is 0.667. The van der Waals surface area contributed by atoms with E-state index in [1.807, 2.05) is 0 Å². The van der Waals surface area contributed by atoms with Crippen molar-refractivity contribution in [1.82, 2.24) is 4.90 Å². The number of aliphatic hydroxyl groups is 1. The second-order valence-electron chi connectivity index (χ2n) is 6.21. The van der Waals surface area contributed by atoms with Crippen molar-refractivity contribution in [3.8, 4) is 0 Å². The number of benzene rings is 1. The predicted molar refractivity (Wildman–Crippen MR) is 91.6 cm³/mol. The molecule has 1 aliphatic rings. The summed E-state index contributed by atoms with van der Waals surface area (Å²) >= 11 is 0. The van der Waals surface area contributed by atoms with Crippen LogP contribution in [0.1, 0.15) is 25.3 Å². The SMILES string of the molecule is CCCCOCC(O)CN1CCN(c2ccc(C)cc2)CC1. The van der Waals surface area contributed by atoms with Gasteiger partial charge in [-0.2, -0.15) is 0 Å². The number of hydrogen-bond donors (Lipinski definition) is 1. The van der Waals surface area contributed by atoms with E-state index >= 15 is 0 Å². The van der Waals surface area contributed by atoms with Crippen LogP contribution in [0.4, 0.5) is 5.69 Å². The molecule has 2 rings (SSSR count). The Bertz CT molecular complexity index is 414. The number of unbranched alkanes of at least 4 members (excludes halogenated alkanes) is 1. The average molecular weight is 306 g/mol. The molecule has 1 fully saturated rings. The summed E-state index contributed by atoms with van der Waals surface area (Å²) in [4.78, 5) is 4.75. The second-order valence-corrected chi connectivity index (χ2v) is 6.21. The summed E-state index contributed by atoms with van der Waals surface area (Å²) in [6.07, 6.45) is 1.83. The van der Waals surface area contributed by atoms with Gasteiger partial charge in [0.2, 0.25) is 0 Å². The Morgan fingerprint density at radius 1 is 1.14 bits per heavy atom. The van der Waals surface area contributed by atoms with Crippen molar-refractivity contribution < 1.29 is 9.84 Å². The van der Waals surface area contributed by atoms with Gasteiger partial charge in [-0.1, -0.05) is 31.0 Å². The van der Waals surface area contributed by atoms with E-state index in [-0.39, 0.29) is 6.10 Å². The molecule has 4 heteroatoms. The van der Waals surface area contributed by atoms with Gasteiger partial charge in [0.25, 0.3) is 0 Å². The molecule has 1 heterocycles. The van der Waals surface area contributed by atoms with Crippen LogP contribution in [0, 0.1) is 6.92 Å². The summed E-state index contributed by atoms with van der Waals surface area (Å²) in [5.41, 5.74) is 2.60. The monoisotopic (exact) mass is 306 g/mol. The van der Waals surface area contributed by atoms with Crippen molar-refractivity contribution in [2.24, 2.45) is 0 Å². The van der Waals surface area contributed by atoms with Crippen molar-refractivity contribution in [3.05, 3.63) is 29.8 Å². The van der Waals surface area contributed by atoms with Gasteiger partial charge in [0.05, 0.1) is 12.7 Å². The number of piperazine rings is 1. The zero-order chi connectivity index (χ0) is 15.8. The fourth-order valence-corrected chi connectivity index (χ4v) is 2.76. The van der Waals surface area contributed by atoms with Crippen LogP contribution in [0.15, 0.2) is 24.3 Å². The van der Waals surface area contributed by atoms with Crippen molar-refractivity contribution in [2.45, 2.75) is 32.8 Å². The number of ether oxygens (including phenoxy) is 1. The molecule has 124 valence electrons. The van der Waals surface area contributed by atoms with Crippen molar-refractivity contribution in [3.63, 3.8) is 0 Å². The molecule has 22 heavy (non-hydrogen) atoms. The summed E-state index contributed by atoms with van der Waals surface area (Å²) in [6, 6.07) is 8.72. The summed E-state index contributed by atoms with van der Waals surface area (Å²) in [6.45, 7) is 10.2. The van der Waals surface area contributed by atoms with Crippen LogP contribution in [0.25, 0.3) is 0 Å². The minimum absolute atomic E-state index is 0.372. The Kier molecular flexibility index (Phi) is 7.16. The fourth-order valence-electron chi connectivity index (χ4n) is 2.76. The summed E-state index contributed by atoms with van der Waals surface area (Å²) < 4.78 is 5.49. The molecule has 0 bridgehead atoms. The Hall–Kier alpha value is -1.10. The number of β-amino-alcohol motifs (C(OH)–C–C–N with tert-alkyl or cyclic N) is 1. The third kappa shape index (κ3) is 5.59. The molecule has 1 saturated heterocycles. The summed E-state index contributed by atoms with van der Waals surface area (Å²) in [7, 11) is 0. The standard InChI is InChI=1S/C18H30N2O2/c1-3-4-13-22-15-18(21)14-19-9-11-20(12-10-19)17-7-5-16(2)6-8-17/h5-8,18,21H,3-4,9-15H2,1-2H3. The number of aliphatic hydroxyl groups excluding tert-OH is 1. The molecule has 1 unspecified atom stereocenters. The lowest BCUT2D eigenvalue weighted by molar-refractivity contribution is 0.0150. The van der Waals surface area contributed by atoms with Crippen LogP contribution in [0.2, 0.25) is 0 Å². The van der Waals surface area contributed by atoms with E-state index in [2.05, 4.69) is 47.9 Å². The Morgan fingerprint density at radius 3 is 2.45 bits per heavy atom. The van der Waals surface area contributed by atoms with E-state index in [9.17, 15) is 5.11 Å². The molecule has 0 amide bonds. The molecule has 1 atom stereocenters. The molecule has 0 aromatic heterocycles. The Labute approximate surface area is 134 Å². The lowest BCUT2D eigenvalue weighted by atomic mass is 10.2. The summed E-state index contributed by atoms with van der Waals surface area (Å²) in [5.74, 6) is 0. The Balaban J connectivity index is 1.67. The minimum atomic E-state index is -0.372. The van der Waals surface area contributed by atoms with Crippen molar-refractivity contribution in [1.29, 1.82) is 0 Å². The first-order valence-electron chi connectivity index (χ1n) is 8.49. The average Bonchev–Trinajstić information content (AvgIpc) is 2.53. The molecule has 1 aliphatic heterocycles. The number of rotatable bonds is 8. The maximum atomic E-state index is 10.0. The van der Waals surface area contributed by atoms with E-state index < -0.39 is 0 Å². The van der Waals surface area contributed by atoms with Gasteiger partial charge in [-0.3, -0.25) is 4.90 Å². The first-order chi connectivity index (χ1) is 10.7. The van der Waals surface area contributed by atoms with Gasteiger partial charge in [-0.15, -0.1) is 0 Å². The van der Waals surface area contributed by atoms with Gasteiger partial charge in [0.15, 0.2) is 0 Å².